The second kappa shape index (κ2) is 8.10. The third-order valence-electron chi connectivity index (χ3n) is 5.05. The van der Waals surface area contributed by atoms with Crippen LogP contribution in [-0.2, 0) is 17.9 Å². The van der Waals surface area contributed by atoms with Crippen molar-refractivity contribution < 1.29 is 9.13 Å². The van der Waals surface area contributed by atoms with Crippen LogP contribution in [0.15, 0.2) is 59.7 Å². The first kappa shape index (κ1) is 20.2. The summed E-state index contributed by atoms with van der Waals surface area (Å²) < 4.78 is 21.6. The Hall–Kier alpha value is -3.69. The highest BCUT2D eigenvalue weighted by Crippen LogP contribution is 2.29. The molecule has 0 aliphatic carbocycles. The Morgan fingerprint density at radius 1 is 1.03 bits per heavy atom. The zero-order valence-electron chi connectivity index (χ0n) is 16.9. The maximum Gasteiger partial charge on any atom is 0.283 e. The van der Waals surface area contributed by atoms with Gasteiger partial charge in [0.25, 0.3) is 5.56 Å². The highest BCUT2D eigenvalue weighted by molar-refractivity contribution is 6.30. The van der Waals surface area contributed by atoms with E-state index >= 15 is 0 Å². The first-order chi connectivity index (χ1) is 15.5. The summed E-state index contributed by atoms with van der Waals surface area (Å²) in [4.78, 5) is 17.5. The van der Waals surface area contributed by atoms with Crippen LogP contribution in [0.2, 0.25) is 5.02 Å². The van der Waals surface area contributed by atoms with Gasteiger partial charge in [-0.15, -0.1) is 10.2 Å². The van der Waals surface area contributed by atoms with Crippen molar-refractivity contribution in [2.45, 2.75) is 13.2 Å². The lowest BCUT2D eigenvalue weighted by Gasteiger charge is -2.07. The molecule has 0 aliphatic heterocycles. The summed E-state index contributed by atoms with van der Waals surface area (Å²) in [6.45, 7) is 0.513. The molecule has 0 spiro atoms. The molecule has 2 aromatic carbocycles. The Balaban J connectivity index is 1.67. The maximum absolute atomic E-state index is 13.4. The molecule has 32 heavy (non-hydrogen) atoms. The second-order valence-corrected chi connectivity index (χ2v) is 7.61. The molecule has 0 unspecified atom stereocenters. The highest BCUT2D eigenvalue weighted by atomic mass is 35.5. The lowest BCUT2D eigenvalue weighted by atomic mass is 10.1. The Labute approximate surface area is 185 Å². The van der Waals surface area contributed by atoms with Crippen LogP contribution in [-0.4, -0.2) is 36.5 Å². The Kier molecular flexibility index (Phi) is 5.12. The number of ether oxygens (including phenoxy) is 1. The molecule has 160 valence electrons. The monoisotopic (exact) mass is 450 g/mol. The molecule has 0 fully saturated rings. The van der Waals surface area contributed by atoms with Gasteiger partial charge in [-0.3, -0.25) is 9.36 Å². The maximum atomic E-state index is 13.4. The van der Waals surface area contributed by atoms with Crippen molar-refractivity contribution in [1.29, 1.82) is 0 Å². The summed E-state index contributed by atoms with van der Waals surface area (Å²) in [6, 6.07) is 13.2. The number of rotatable bonds is 5. The number of halogens is 2. The second-order valence-electron chi connectivity index (χ2n) is 7.17. The molecule has 0 saturated carbocycles. The Morgan fingerprint density at radius 3 is 2.50 bits per heavy atom. The van der Waals surface area contributed by atoms with Crippen molar-refractivity contribution in [2.24, 2.45) is 0 Å². The van der Waals surface area contributed by atoms with E-state index in [9.17, 15) is 9.18 Å². The largest absolute Gasteiger partial charge is 0.378 e. The minimum Gasteiger partial charge on any atom is -0.378 e. The Bertz CT molecular complexity index is 1500. The molecule has 3 aromatic heterocycles. The van der Waals surface area contributed by atoms with Crippen LogP contribution in [0.5, 0.6) is 0 Å². The van der Waals surface area contributed by atoms with E-state index in [0.29, 0.717) is 34.0 Å². The standard InChI is InChI=1S/C22H16ClFN6O2/c1-32-11-17-18(14-4-8-16(24)9-5-14)20-27-26-19-21(30(20)28-17)25-12-29(22(19)31)10-13-2-6-15(23)7-3-13/h2-9,12H,10-11H2,1H3. The topological polar surface area (TPSA) is 87.2 Å². The van der Waals surface area contributed by atoms with E-state index in [1.165, 1.54) is 27.5 Å². The summed E-state index contributed by atoms with van der Waals surface area (Å²) in [6.07, 6.45) is 1.45. The van der Waals surface area contributed by atoms with Crippen molar-refractivity contribution >= 4 is 28.4 Å². The minimum absolute atomic E-state index is 0.0890. The first-order valence-corrected chi connectivity index (χ1v) is 10.1. The van der Waals surface area contributed by atoms with Crippen LogP contribution in [0, 0.1) is 5.82 Å². The first-order valence-electron chi connectivity index (χ1n) is 9.68. The Morgan fingerprint density at radius 2 is 1.78 bits per heavy atom. The lowest BCUT2D eigenvalue weighted by Crippen LogP contribution is -2.23. The van der Waals surface area contributed by atoms with Gasteiger partial charge in [-0.2, -0.15) is 9.61 Å². The van der Waals surface area contributed by atoms with Gasteiger partial charge >= 0.3 is 0 Å². The number of nitrogens with zero attached hydrogens (tertiary/aromatic N) is 6. The third-order valence-corrected chi connectivity index (χ3v) is 5.31. The summed E-state index contributed by atoms with van der Waals surface area (Å²) >= 11 is 5.93. The molecule has 0 bridgehead atoms. The molecule has 0 amide bonds. The number of fused-ring (bicyclic) bond motifs is 3. The van der Waals surface area contributed by atoms with Gasteiger partial charge in [0.05, 0.1) is 24.4 Å². The number of hydrogen-bond acceptors (Lipinski definition) is 6. The van der Waals surface area contributed by atoms with Crippen LogP contribution < -0.4 is 5.56 Å². The normalized spacial score (nSPS) is 11.5. The lowest BCUT2D eigenvalue weighted by molar-refractivity contribution is 0.181. The van der Waals surface area contributed by atoms with Crippen LogP contribution in [0.25, 0.3) is 27.9 Å². The van der Waals surface area contributed by atoms with Crippen LogP contribution >= 0.6 is 11.6 Å². The highest BCUT2D eigenvalue weighted by Gasteiger charge is 2.20. The van der Waals surface area contributed by atoms with Crippen molar-refractivity contribution in [3.05, 3.63) is 87.3 Å². The molecular weight excluding hydrogens is 435 g/mol. The van der Waals surface area contributed by atoms with Crippen molar-refractivity contribution in [1.82, 2.24) is 29.4 Å². The number of hydrogen-bond donors (Lipinski definition) is 0. The minimum atomic E-state index is -0.349. The zero-order chi connectivity index (χ0) is 22.2. The van der Waals surface area contributed by atoms with Gasteiger partial charge in [-0.1, -0.05) is 35.9 Å². The third kappa shape index (κ3) is 3.51. The molecule has 0 aliphatic rings. The fourth-order valence-corrected chi connectivity index (χ4v) is 3.68. The fraction of sp³-hybridized carbons (Fsp3) is 0.136. The van der Waals surface area contributed by atoms with Crippen LogP contribution in [0.1, 0.15) is 11.3 Å². The van der Waals surface area contributed by atoms with Crippen molar-refractivity contribution in [2.75, 3.05) is 7.11 Å². The van der Waals surface area contributed by atoms with Crippen LogP contribution in [0.3, 0.4) is 0 Å². The fourth-order valence-electron chi connectivity index (χ4n) is 3.55. The molecule has 0 radical (unpaired) electrons. The number of aromatic nitrogens is 6. The van der Waals surface area contributed by atoms with Gasteiger partial charge in [-0.05, 0) is 35.4 Å². The average molecular weight is 451 g/mol. The smallest absolute Gasteiger partial charge is 0.283 e. The van der Waals surface area contributed by atoms with E-state index in [2.05, 4.69) is 20.3 Å². The van der Waals surface area contributed by atoms with Gasteiger partial charge in [0.1, 0.15) is 12.1 Å². The molecule has 10 heteroatoms. The molecule has 0 atom stereocenters. The van der Waals surface area contributed by atoms with Gasteiger partial charge < -0.3 is 4.74 Å². The van der Waals surface area contributed by atoms with Gasteiger partial charge in [-0.25, -0.2) is 9.37 Å². The molecule has 8 nitrogen and oxygen atoms in total. The summed E-state index contributed by atoms with van der Waals surface area (Å²) in [5.74, 6) is -0.349. The van der Waals surface area contributed by atoms with E-state index in [-0.39, 0.29) is 29.1 Å². The molecule has 5 aromatic rings. The summed E-state index contributed by atoms with van der Waals surface area (Å²) in [5.41, 5.74) is 3.25. The SMILES string of the molecule is COCc1nn2c(nnc3c(=O)n(Cc4ccc(Cl)cc4)cnc32)c1-c1ccc(F)cc1. The van der Waals surface area contributed by atoms with E-state index in [1.54, 1.807) is 31.4 Å². The number of benzene rings is 2. The van der Waals surface area contributed by atoms with E-state index in [1.807, 2.05) is 12.1 Å². The van der Waals surface area contributed by atoms with E-state index in [4.69, 9.17) is 16.3 Å². The molecule has 0 N–H and O–H groups in total. The molecule has 3 heterocycles. The molecule has 5 rings (SSSR count). The van der Waals surface area contributed by atoms with Gasteiger partial charge in [0, 0.05) is 12.1 Å². The predicted molar refractivity (Wildman–Crippen MR) is 117 cm³/mol. The van der Waals surface area contributed by atoms with E-state index in [0.717, 1.165) is 5.56 Å². The van der Waals surface area contributed by atoms with Crippen molar-refractivity contribution in [3.8, 4) is 11.1 Å². The summed E-state index contributed by atoms with van der Waals surface area (Å²) in [7, 11) is 1.55. The quantitative estimate of drug-likeness (QED) is 0.407. The molecular formula is C22H16ClFN6O2. The van der Waals surface area contributed by atoms with Crippen LogP contribution in [0.4, 0.5) is 4.39 Å². The zero-order valence-corrected chi connectivity index (χ0v) is 17.6. The average Bonchev–Trinajstić information content (AvgIpc) is 3.16. The molecule has 0 saturated heterocycles. The predicted octanol–water partition coefficient (Wildman–Crippen LogP) is 3.49. The van der Waals surface area contributed by atoms with Gasteiger partial charge in [0.2, 0.25) is 0 Å². The van der Waals surface area contributed by atoms with E-state index < -0.39 is 0 Å². The number of methoxy groups -OCH3 is 1. The van der Waals surface area contributed by atoms with Gasteiger partial charge in [0.15, 0.2) is 16.8 Å². The summed E-state index contributed by atoms with van der Waals surface area (Å²) in [5, 5.41) is 13.6. The van der Waals surface area contributed by atoms with Crippen molar-refractivity contribution in [3.63, 3.8) is 0 Å².